The molecule has 1 aromatic carbocycles. The Kier molecular flexibility index (Phi) is 3.00. The summed E-state index contributed by atoms with van der Waals surface area (Å²) in [5.41, 5.74) is 3.07. The molecule has 1 heterocycles. The second-order valence-electron chi connectivity index (χ2n) is 6.64. The van der Waals surface area contributed by atoms with Gasteiger partial charge in [-0.2, -0.15) is 0 Å². The van der Waals surface area contributed by atoms with E-state index in [1.165, 1.54) is 4.90 Å². The Morgan fingerprint density at radius 3 is 1.91 bits per heavy atom. The normalized spacial score (nSPS) is 32.2. The highest BCUT2D eigenvalue weighted by atomic mass is 16.2. The van der Waals surface area contributed by atoms with Gasteiger partial charge < -0.3 is 0 Å². The molecular weight excluding hydrogens is 274 g/mol. The average molecular weight is 295 g/mol. The highest BCUT2D eigenvalue weighted by Crippen LogP contribution is 2.53. The van der Waals surface area contributed by atoms with Gasteiger partial charge in [-0.3, -0.25) is 9.59 Å². The van der Waals surface area contributed by atoms with Gasteiger partial charge in [-0.1, -0.05) is 44.2 Å². The molecule has 1 saturated heterocycles. The predicted molar refractivity (Wildman–Crippen MR) is 85.4 cm³/mol. The van der Waals surface area contributed by atoms with Crippen molar-refractivity contribution in [3.05, 3.63) is 41.5 Å². The summed E-state index contributed by atoms with van der Waals surface area (Å²) in [5, 5.41) is 0. The van der Waals surface area contributed by atoms with Gasteiger partial charge in [0.05, 0.1) is 17.5 Å². The summed E-state index contributed by atoms with van der Waals surface area (Å²) < 4.78 is 0. The van der Waals surface area contributed by atoms with E-state index in [0.29, 0.717) is 0 Å². The van der Waals surface area contributed by atoms with E-state index in [0.717, 1.165) is 36.1 Å². The monoisotopic (exact) mass is 295 g/mol. The van der Waals surface area contributed by atoms with Gasteiger partial charge in [-0.05, 0) is 42.2 Å². The number of carbonyl (C=O) groups is 2. The first-order valence-electron chi connectivity index (χ1n) is 8.34. The Hall–Kier alpha value is -1.90. The molecule has 3 nitrogen and oxygen atoms in total. The molecule has 2 aliphatic carbocycles. The number of para-hydroxylation sites is 1. The number of carbonyl (C=O) groups excluding carboxylic acids is 2. The second-order valence-corrected chi connectivity index (χ2v) is 6.64. The molecule has 22 heavy (non-hydrogen) atoms. The summed E-state index contributed by atoms with van der Waals surface area (Å²) in [4.78, 5) is 27.5. The van der Waals surface area contributed by atoms with Crippen molar-refractivity contribution < 1.29 is 9.59 Å². The van der Waals surface area contributed by atoms with Gasteiger partial charge >= 0.3 is 0 Å². The molecule has 1 aromatic rings. The van der Waals surface area contributed by atoms with Crippen LogP contribution in [0.1, 0.15) is 31.4 Å². The number of fused-ring (bicyclic) bond motifs is 5. The maximum Gasteiger partial charge on any atom is 0.238 e. The van der Waals surface area contributed by atoms with Crippen molar-refractivity contribution in [2.75, 3.05) is 4.90 Å². The lowest BCUT2D eigenvalue weighted by atomic mass is 9.85. The van der Waals surface area contributed by atoms with E-state index in [2.05, 4.69) is 26.0 Å². The number of benzene rings is 1. The molecule has 0 aromatic heterocycles. The van der Waals surface area contributed by atoms with Crippen LogP contribution in [0.3, 0.4) is 0 Å². The number of imide groups is 1. The fourth-order valence-corrected chi connectivity index (χ4v) is 4.63. The molecule has 4 atom stereocenters. The van der Waals surface area contributed by atoms with Gasteiger partial charge in [-0.15, -0.1) is 0 Å². The number of hydrogen-bond acceptors (Lipinski definition) is 2. The maximum atomic E-state index is 13.0. The van der Waals surface area contributed by atoms with Gasteiger partial charge in [0.1, 0.15) is 0 Å². The minimum absolute atomic E-state index is 0.0300. The standard InChI is InChI=1S/C19H21NO2/c1-3-11-6-5-7-12(4-2)17(11)20-18(21)15-13-8-9-14(10-13)16(15)19(20)22/h5-9,13-16H,3-4,10H2,1-2H3/t13-,14+,15-,16+. The molecule has 1 saturated carbocycles. The Bertz CT molecular complexity index is 638. The molecule has 4 rings (SSSR count). The third-order valence-corrected chi connectivity index (χ3v) is 5.66. The quantitative estimate of drug-likeness (QED) is 0.634. The number of nitrogens with zero attached hydrogens (tertiary/aromatic N) is 1. The average Bonchev–Trinajstić information content (AvgIpc) is 3.21. The molecule has 2 bridgehead atoms. The van der Waals surface area contributed by atoms with E-state index in [9.17, 15) is 9.59 Å². The second kappa shape index (κ2) is 4.80. The number of allylic oxidation sites excluding steroid dienone is 2. The van der Waals surface area contributed by atoms with Crippen LogP contribution in [0.25, 0.3) is 0 Å². The van der Waals surface area contributed by atoms with Crippen molar-refractivity contribution in [3.8, 4) is 0 Å². The van der Waals surface area contributed by atoms with Crippen LogP contribution in [-0.2, 0) is 22.4 Å². The van der Waals surface area contributed by atoms with Crippen LogP contribution in [0.5, 0.6) is 0 Å². The molecule has 0 unspecified atom stereocenters. The lowest BCUT2D eigenvalue weighted by molar-refractivity contribution is -0.123. The van der Waals surface area contributed by atoms with Crippen LogP contribution in [-0.4, -0.2) is 11.8 Å². The van der Waals surface area contributed by atoms with Crippen molar-refractivity contribution in [1.82, 2.24) is 0 Å². The third-order valence-electron chi connectivity index (χ3n) is 5.66. The van der Waals surface area contributed by atoms with Gasteiger partial charge in [0.25, 0.3) is 0 Å². The molecule has 0 N–H and O–H groups in total. The van der Waals surface area contributed by atoms with E-state index in [1.807, 2.05) is 18.2 Å². The molecule has 2 amide bonds. The van der Waals surface area contributed by atoms with Gasteiger partial charge in [0.2, 0.25) is 11.8 Å². The number of hydrogen-bond donors (Lipinski definition) is 0. The minimum atomic E-state index is -0.114. The van der Waals surface area contributed by atoms with Crippen LogP contribution in [0.4, 0.5) is 5.69 Å². The van der Waals surface area contributed by atoms with E-state index < -0.39 is 0 Å². The molecule has 0 radical (unpaired) electrons. The largest absolute Gasteiger partial charge is 0.274 e. The van der Waals surface area contributed by atoms with Gasteiger partial charge in [0, 0.05) is 0 Å². The number of aryl methyl sites for hydroxylation is 2. The summed E-state index contributed by atoms with van der Waals surface area (Å²) in [7, 11) is 0. The Balaban J connectivity index is 1.82. The summed E-state index contributed by atoms with van der Waals surface area (Å²) in [5.74, 6) is 0.379. The lowest BCUT2D eigenvalue weighted by Gasteiger charge is -2.23. The number of anilines is 1. The zero-order valence-corrected chi connectivity index (χ0v) is 13.1. The first kappa shape index (κ1) is 13.7. The topological polar surface area (TPSA) is 37.4 Å². The Morgan fingerprint density at radius 2 is 1.45 bits per heavy atom. The fraction of sp³-hybridized carbons (Fsp3) is 0.474. The predicted octanol–water partition coefficient (Wildman–Crippen LogP) is 3.12. The zero-order valence-electron chi connectivity index (χ0n) is 13.1. The van der Waals surface area contributed by atoms with E-state index in [1.54, 1.807) is 0 Å². The molecule has 114 valence electrons. The van der Waals surface area contributed by atoms with Crippen molar-refractivity contribution in [2.24, 2.45) is 23.7 Å². The van der Waals surface area contributed by atoms with Crippen molar-refractivity contribution in [2.45, 2.75) is 33.1 Å². The first-order valence-corrected chi connectivity index (χ1v) is 8.34. The van der Waals surface area contributed by atoms with Crippen LogP contribution < -0.4 is 4.90 Å². The molecular formula is C19H21NO2. The fourth-order valence-electron chi connectivity index (χ4n) is 4.63. The van der Waals surface area contributed by atoms with Crippen LogP contribution in [0.15, 0.2) is 30.4 Å². The Morgan fingerprint density at radius 1 is 0.955 bits per heavy atom. The van der Waals surface area contributed by atoms with Crippen molar-refractivity contribution >= 4 is 17.5 Å². The minimum Gasteiger partial charge on any atom is -0.274 e. The van der Waals surface area contributed by atoms with Crippen LogP contribution in [0.2, 0.25) is 0 Å². The SMILES string of the molecule is CCc1cccc(CC)c1N1C(=O)[C@@H]2[C@H](C1=O)[C@@H]1C=C[C@H]2C1. The van der Waals surface area contributed by atoms with Gasteiger partial charge in [-0.25, -0.2) is 4.90 Å². The summed E-state index contributed by atoms with van der Waals surface area (Å²) in [6.07, 6.45) is 6.94. The molecule has 3 heteroatoms. The maximum absolute atomic E-state index is 13.0. The summed E-state index contributed by atoms with van der Waals surface area (Å²) >= 11 is 0. The Labute approximate surface area is 131 Å². The lowest BCUT2D eigenvalue weighted by Crippen LogP contribution is -2.34. The van der Waals surface area contributed by atoms with Crippen LogP contribution in [0, 0.1) is 23.7 Å². The van der Waals surface area contributed by atoms with E-state index in [4.69, 9.17) is 0 Å². The van der Waals surface area contributed by atoms with E-state index in [-0.39, 0.29) is 35.5 Å². The molecule has 3 aliphatic rings. The summed E-state index contributed by atoms with van der Waals surface area (Å²) in [6, 6.07) is 6.10. The molecule has 2 fully saturated rings. The number of rotatable bonds is 3. The van der Waals surface area contributed by atoms with Gasteiger partial charge in [0.15, 0.2) is 0 Å². The molecule has 0 spiro atoms. The highest BCUT2D eigenvalue weighted by molar-refractivity contribution is 6.23. The highest BCUT2D eigenvalue weighted by Gasteiger charge is 2.59. The first-order chi connectivity index (χ1) is 10.7. The van der Waals surface area contributed by atoms with Crippen molar-refractivity contribution in [3.63, 3.8) is 0 Å². The van der Waals surface area contributed by atoms with E-state index >= 15 is 0 Å². The van der Waals surface area contributed by atoms with Crippen LogP contribution >= 0.6 is 0 Å². The smallest absolute Gasteiger partial charge is 0.238 e. The third kappa shape index (κ3) is 1.62. The zero-order chi connectivity index (χ0) is 15.4. The molecule has 1 aliphatic heterocycles. The number of amides is 2. The summed E-state index contributed by atoms with van der Waals surface area (Å²) in [6.45, 7) is 4.16. The van der Waals surface area contributed by atoms with Crippen molar-refractivity contribution in [1.29, 1.82) is 0 Å².